The number of nitrogens with zero attached hydrogens (tertiary/aromatic N) is 4. The van der Waals surface area contributed by atoms with E-state index in [0.717, 1.165) is 53.9 Å². The van der Waals surface area contributed by atoms with Gasteiger partial charge in [-0.25, -0.2) is 9.97 Å². The molecule has 4 aromatic rings. The molecule has 38 heavy (non-hydrogen) atoms. The maximum atomic E-state index is 12.4. The molecule has 1 aliphatic rings. The second-order valence-electron chi connectivity index (χ2n) is 9.22. The van der Waals surface area contributed by atoms with Gasteiger partial charge in [-0.1, -0.05) is 36.9 Å². The van der Waals surface area contributed by atoms with Crippen molar-refractivity contribution in [2.24, 2.45) is 5.73 Å². The van der Waals surface area contributed by atoms with Gasteiger partial charge in [0, 0.05) is 54.7 Å². The number of fused-ring (bicyclic) bond motifs is 1. The summed E-state index contributed by atoms with van der Waals surface area (Å²) in [5.74, 6) is -0.461. The van der Waals surface area contributed by atoms with Gasteiger partial charge in [0.1, 0.15) is 0 Å². The molecule has 2 heterocycles. The summed E-state index contributed by atoms with van der Waals surface area (Å²) in [6.07, 6.45) is 2.97. The smallest absolute Gasteiger partial charge is 0.250 e. The zero-order chi connectivity index (χ0) is 26.6. The summed E-state index contributed by atoms with van der Waals surface area (Å²) in [7, 11) is 2.10. The highest BCUT2D eigenvalue weighted by molar-refractivity contribution is 6.01. The van der Waals surface area contributed by atoms with Crippen molar-refractivity contribution in [3.8, 4) is 11.1 Å². The Kier molecular flexibility index (Phi) is 7.01. The first-order valence-corrected chi connectivity index (χ1v) is 12.4. The van der Waals surface area contributed by atoms with Crippen LogP contribution in [0.3, 0.4) is 0 Å². The highest BCUT2D eigenvalue weighted by Gasteiger charge is 2.18. The molecule has 0 bridgehead atoms. The van der Waals surface area contributed by atoms with Crippen LogP contribution < -0.4 is 21.3 Å². The van der Waals surface area contributed by atoms with Gasteiger partial charge < -0.3 is 26.2 Å². The number of carbonyl (C=O) groups is 2. The van der Waals surface area contributed by atoms with Crippen molar-refractivity contribution in [2.75, 3.05) is 48.8 Å². The highest BCUT2D eigenvalue weighted by Crippen LogP contribution is 2.31. The molecule has 1 aliphatic heterocycles. The number of benzene rings is 3. The predicted octanol–water partition coefficient (Wildman–Crippen LogP) is 4.02. The van der Waals surface area contributed by atoms with Crippen LogP contribution >= 0.6 is 0 Å². The SMILES string of the molecule is C=CC(=O)Nc1cccc(-c2cccc3cnc(Nc4ccc(N5CCN(C)CC5)cc4C(N)=O)nc23)c1. The fourth-order valence-electron chi connectivity index (χ4n) is 4.53. The lowest BCUT2D eigenvalue weighted by Crippen LogP contribution is -2.44. The molecule has 2 amide bonds. The normalized spacial score (nSPS) is 13.8. The van der Waals surface area contributed by atoms with Crippen LogP contribution in [0.5, 0.6) is 0 Å². The minimum absolute atomic E-state index is 0.280. The third-order valence-electron chi connectivity index (χ3n) is 6.62. The summed E-state index contributed by atoms with van der Waals surface area (Å²) in [6.45, 7) is 7.19. The average Bonchev–Trinajstić information content (AvgIpc) is 2.93. The second kappa shape index (κ2) is 10.7. The summed E-state index contributed by atoms with van der Waals surface area (Å²) in [5.41, 5.74) is 10.8. The zero-order valence-electron chi connectivity index (χ0n) is 21.1. The number of carbonyl (C=O) groups excluding carboxylic acids is 2. The van der Waals surface area contributed by atoms with Crippen LogP contribution in [-0.4, -0.2) is 59.9 Å². The number of hydrogen-bond donors (Lipinski definition) is 3. The van der Waals surface area contributed by atoms with Gasteiger partial charge in [-0.3, -0.25) is 9.59 Å². The van der Waals surface area contributed by atoms with E-state index in [2.05, 4.69) is 39.0 Å². The van der Waals surface area contributed by atoms with Gasteiger partial charge >= 0.3 is 0 Å². The van der Waals surface area contributed by atoms with E-state index in [0.29, 0.717) is 22.9 Å². The Bertz CT molecular complexity index is 1530. The monoisotopic (exact) mass is 507 g/mol. The molecule has 0 saturated carbocycles. The van der Waals surface area contributed by atoms with Crippen molar-refractivity contribution in [3.63, 3.8) is 0 Å². The first-order valence-electron chi connectivity index (χ1n) is 12.4. The number of aromatic nitrogens is 2. The van der Waals surface area contributed by atoms with Crippen molar-refractivity contribution >= 4 is 45.7 Å². The molecule has 5 rings (SSSR count). The molecule has 3 aromatic carbocycles. The summed E-state index contributed by atoms with van der Waals surface area (Å²) in [4.78, 5) is 37.9. The number of amides is 2. The molecular formula is C29H29N7O2. The van der Waals surface area contributed by atoms with Gasteiger partial charge in [0.15, 0.2) is 0 Å². The minimum atomic E-state index is -0.525. The summed E-state index contributed by atoms with van der Waals surface area (Å²) in [5, 5.41) is 6.83. The Balaban J connectivity index is 1.47. The lowest BCUT2D eigenvalue weighted by atomic mass is 10.0. The Labute approximate surface area is 221 Å². The van der Waals surface area contributed by atoms with Crippen LogP contribution in [0, 0.1) is 0 Å². The molecule has 9 heteroatoms. The van der Waals surface area contributed by atoms with Crippen LogP contribution in [0.2, 0.25) is 0 Å². The fourth-order valence-corrected chi connectivity index (χ4v) is 4.53. The van der Waals surface area contributed by atoms with E-state index in [1.54, 1.807) is 6.20 Å². The van der Waals surface area contributed by atoms with Crippen LogP contribution in [0.4, 0.5) is 23.0 Å². The van der Waals surface area contributed by atoms with Crippen LogP contribution in [0.15, 0.2) is 79.5 Å². The molecule has 192 valence electrons. The quantitative estimate of drug-likeness (QED) is 0.324. The van der Waals surface area contributed by atoms with E-state index in [1.165, 1.54) is 6.08 Å². The lowest BCUT2D eigenvalue weighted by Gasteiger charge is -2.34. The number of nitrogens with two attached hydrogens (primary N) is 1. The van der Waals surface area contributed by atoms with E-state index in [1.807, 2.05) is 60.7 Å². The van der Waals surface area contributed by atoms with E-state index in [4.69, 9.17) is 10.7 Å². The maximum Gasteiger partial charge on any atom is 0.250 e. The van der Waals surface area contributed by atoms with E-state index >= 15 is 0 Å². The number of nitrogens with one attached hydrogen (secondary N) is 2. The Morgan fingerprint density at radius 3 is 2.58 bits per heavy atom. The maximum absolute atomic E-state index is 12.4. The second-order valence-corrected chi connectivity index (χ2v) is 9.22. The van der Waals surface area contributed by atoms with Crippen molar-refractivity contribution in [1.82, 2.24) is 14.9 Å². The number of hydrogen-bond acceptors (Lipinski definition) is 7. The van der Waals surface area contributed by atoms with Crippen molar-refractivity contribution in [1.29, 1.82) is 0 Å². The molecule has 1 saturated heterocycles. The first kappa shape index (κ1) is 24.9. The zero-order valence-corrected chi connectivity index (χ0v) is 21.1. The molecule has 0 spiro atoms. The molecule has 0 atom stereocenters. The minimum Gasteiger partial charge on any atom is -0.369 e. The van der Waals surface area contributed by atoms with E-state index in [9.17, 15) is 9.59 Å². The van der Waals surface area contributed by atoms with Crippen LogP contribution in [-0.2, 0) is 4.79 Å². The van der Waals surface area contributed by atoms with Gasteiger partial charge in [0.2, 0.25) is 11.9 Å². The topological polar surface area (TPSA) is 116 Å². The number of primary amides is 1. The van der Waals surface area contributed by atoms with Crippen molar-refractivity contribution in [2.45, 2.75) is 0 Å². The summed E-state index contributed by atoms with van der Waals surface area (Å²) in [6, 6.07) is 19.0. The average molecular weight is 508 g/mol. The molecule has 0 radical (unpaired) electrons. The van der Waals surface area contributed by atoms with Crippen LogP contribution in [0.1, 0.15) is 10.4 Å². The number of anilines is 4. The molecule has 0 aliphatic carbocycles. The van der Waals surface area contributed by atoms with Gasteiger partial charge in [0.05, 0.1) is 16.8 Å². The molecule has 4 N–H and O–H groups in total. The molecule has 1 aromatic heterocycles. The summed E-state index contributed by atoms with van der Waals surface area (Å²) >= 11 is 0. The third-order valence-corrected chi connectivity index (χ3v) is 6.62. The highest BCUT2D eigenvalue weighted by atomic mass is 16.1. The number of piperazine rings is 1. The van der Waals surface area contributed by atoms with E-state index < -0.39 is 5.91 Å². The Morgan fingerprint density at radius 2 is 1.82 bits per heavy atom. The van der Waals surface area contributed by atoms with Gasteiger partial charge in [-0.15, -0.1) is 0 Å². The van der Waals surface area contributed by atoms with E-state index in [-0.39, 0.29) is 5.91 Å². The first-order chi connectivity index (χ1) is 18.4. The number of rotatable bonds is 7. The number of likely N-dealkylation sites (N-methyl/N-ethyl adjacent to an activating group) is 1. The largest absolute Gasteiger partial charge is 0.369 e. The van der Waals surface area contributed by atoms with Crippen molar-refractivity contribution < 1.29 is 9.59 Å². The Hall–Kier alpha value is -4.76. The molecule has 9 nitrogen and oxygen atoms in total. The van der Waals surface area contributed by atoms with Crippen LogP contribution in [0.25, 0.3) is 22.0 Å². The third kappa shape index (κ3) is 5.33. The predicted molar refractivity (Wildman–Crippen MR) is 152 cm³/mol. The molecule has 0 unspecified atom stereocenters. The lowest BCUT2D eigenvalue weighted by molar-refractivity contribution is -0.111. The fraction of sp³-hybridized carbons (Fsp3) is 0.172. The Morgan fingerprint density at radius 1 is 1.03 bits per heavy atom. The van der Waals surface area contributed by atoms with Crippen molar-refractivity contribution in [3.05, 3.63) is 85.1 Å². The summed E-state index contributed by atoms with van der Waals surface area (Å²) < 4.78 is 0. The molecular weight excluding hydrogens is 478 g/mol. The molecule has 1 fully saturated rings. The standard InChI is InChI=1S/C29H29N7O2/c1-3-26(37)32-21-8-4-6-19(16-21)23-9-5-7-20-18-31-29(34-27(20)23)33-25-11-10-22(17-24(25)28(30)38)36-14-12-35(2)13-15-36/h3-11,16-18H,1,12-15H2,2H3,(H2,30,38)(H,32,37)(H,31,33,34). The van der Waals surface area contributed by atoms with Gasteiger partial charge in [-0.05, 0) is 49.0 Å². The van der Waals surface area contributed by atoms with Gasteiger partial charge in [-0.2, -0.15) is 0 Å². The van der Waals surface area contributed by atoms with Gasteiger partial charge in [0.25, 0.3) is 5.91 Å². The number of para-hydroxylation sites is 1.